The average Bonchev–Trinajstić information content (AvgIpc) is 3.35. The summed E-state index contributed by atoms with van der Waals surface area (Å²) in [5, 5.41) is 10.9. The van der Waals surface area contributed by atoms with Crippen LogP contribution in [-0.4, -0.2) is 22.2 Å². The fraction of sp³-hybridized carbons (Fsp3) is 0.280. The second-order valence-corrected chi connectivity index (χ2v) is 7.99. The number of anilines is 1. The van der Waals surface area contributed by atoms with Crippen molar-refractivity contribution in [2.45, 2.75) is 33.1 Å². The van der Waals surface area contributed by atoms with Gasteiger partial charge in [0.2, 0.25) is 5.91 Å². The number of nitrogens with zero attached hydrogens (tertiary/aromatic N) is 2. The van der Waals surface area contributed by atoms with Crippen LogP contribution in [0.4, 0.5) is 5.82 Å². The first kappa shape index (κ1) is 20.0. The molecule has 1 atom stereocenters. The number of carbonyl (C=O) groups is 1. The normalized spacial score (nSPS) is 15.8. The molecule has 1 fully saturated rings. The van der Waals surface area contributed by atoms with Crippen LogP contribution in [0.1, 0.15) is 30.9 Å². The highest BCUT2D eigenvalue weighted by Crippen LogP contribution is 2.28. The average molecular weight is 401 g/mol. The number of allylic oxidation sites excluding steroid dienone is 1. The molecule has 30 heavy (non-hydrogen) atoms. The second kappa shape index (κ2) is 8.57. The molecule has 1 saturated heterocycles. The number of aromatic nitrogens is 2. The molecule has 1 unspecified atom stereocenters. The first-order chi connectivity index (χ1) is 14.5. The van der Waals surface area contributed by atoms with E-state index in [-0.39, 0.29) is 11.8 Å². The lowest BCUT2D eigenvalue weighted by Crippen LogP contribution is -2.24. The molecular formula is C25H28N4O. The van der Waals surface area contributed by atoms with E-state index >= 15 is 0 Å². The minimum atomic E-state index is -0.113. The lowest BCUT2D eigenvalue weighted by atomic mass is 10.0. The largest absolute Gasteiger partial charge is 0.388 e. The Morgan fingerprint density at radius 2 is 2.07 bits per heavy atom. The molecule has 0 spiro atoms. The Morgan fingerprint density at radius 1 is 1.23 bits per heavy atom. The molecule has 0 saturated carbocycles. The Balaban J connectivity index is 1.71. The third kappa shape index (κ3) is 4.30. The number of hydrogen-bond donors (Lipinski definition) is 2. The Morgan fingerprint density at radius 3 is 2.80 bits per heavy atom. The number of aryl methyl sites for hydroxylation is 2. The lowest BCUT2D eigenvalue weighted by Gasteiger charge is -2.09. The lowest BCUT2D eigenvalue weighted by molar-refractivity contribution is -0.119. The Labute approximate surface area is 177 Å². The zero-order valence-corrected chi connectivity index (χ0v) is 17.6. The highest BCUT2D eigenvalue weighted by molar-refractivity contribution is 5.93. The summed E-state index contributed by atoms with van der Waals surface area (Å²) in [5.41, 5.74) is 6.40. The zero-order valence-electron chi connectivity index (χ0n) is 17.6. The van der Waals surface area contributed by atoms with E-state index < -0.39 is 0 Å². The van der Waals surface area contributed by atoms with Crippen LogP contribution < -0.4 is 10.6 Å². The van der Waals surface area contributed by atoms with E-state index in [0.717, 1.165) is 41.0 Å². The summed E-state index contributed by atoms with van der Waals surface area (Å²) >= 11 is 0. The quantitative estimate of drug-likeness (QED) is 0.621. The van der Waals surface area contributed by atoms with Crippen LogP contribution >= 0.6 is 0 Å². The molecular weight excluding hydrogens is 372 g/mol. The Kier molecular flexibility index (Phi) is 5.70. The first-order valence-electron chi connectivity index (χ1n) is 10.5. The number of amides is 1. The van der Waals surface area contributed by atoms with Crippen LogP contribution in [0, 0.1) is 12.8 Å². The minimum absolute atomic E-state index is 0.0266. The zero-order chi connectivity index (χ0) is 21.1. The van der Waals surface area contributed by atoms with E-state index in [1.165, 1.54) is 5.56 Å². The Hall–Kier alpha value is -3.34. The molecule has 4 rings (SSSR count). The summed E-state index contributed by atoms with van der Waals surface area (Å²) < 4.78 is 1.92. The predicted molar refractivity (Wildman–Crippen MR) is 122 cm³/mol. The number of rotatable bonds is 6. The van der Waals surface area contributed by atoms with E-state index in [9.17, 15) is 4.79 Å². The predicted octanol–water partition coefficient (Wildman–Crippen LogP) is 4.86. The number of hydrogen-bond acceptors (Lipinski definition) is 3. The molecule has 0 aliphatic carbocycles. The molecule has 1 aliphatic rings. The van der Waals surface area contributed by atoms with E-state index in [4.69, 9.17) is 5.10 Å². The van der Waals surface area contributed by atoms with Gasteiger partial charge in [-0.1, -0.05) is 50.3 Å². The van der Waals surface area contributed by atoms with Crippen LogP contribution in [0.15, 0.2) is 66.9 Å². The van der Waals surface area contributed by atoms with E-state index in [1.54, 1.807) is 0 Å². The molecule has 1 aliphatic heterocycles. The van der Waals surface area contributed by atoms with E-state index in [1.807, 2.05) is 22.9 Å². The van der Waals surface area contributed by atoms with Gasteiger partial charge in [-0.05, 0) is 49.1 Å². The first-order valence-corrected chi connectivity index (χ1v) is 10.5. The fourth-order valence-corrected chi connectivity index (χ4v) is 3.90. The summed E-state index contributed by atoms with van der Waals surface area (Å²) in [7, 11) is 0. The van der Waals surface area contributed by atoms with Crippen LogP contribution in [0.3, 0.4) is 0 Å². The van der Waals surface area contributed by atoms with Gasteiger partial charge in [0.05, 0.1) is 17.3 Å². The molecule has 154 valence electrons. The highest BCUT2D eigenvalue weighted by atomic mass is 16.2. The number of nitrogens with one attached hydrogen (secondary N) is 2. The number of carbonyl (C=O) groups excluding carboxylic acids is 1. The molecule has 5 nitrogen and oxygen atoms in total. The van der Waals surface area contributed by atoms with E-state index in [0.29, 0.717) is 18.8 Å². The summed E-state index contributed by atoms with van der Waals surface area (Å²) in [5.74, 6) is 0.425. The van der Waals surface area contributed by atoms with Crippen molar-refractivity contribution in [1.29, 1.82) is 0 Å². The Bertz CT molecular complexity index is 1080. The highest BCUT2D eigenvalue weighted by Gasteiger charge is 2.25. The minimum Gasteiger partial charge on any atom is -0.388 e. The molecule has 0 bridgehead atoms. The molecule has 2 N–H and O–H groups in total. The van der Waals surface area contributed by atoms with Crippen molar-refractivity contribution in [1.82, 2.24) is 15.1 Å². The van der Waals surface area contributed by atoms with Gasteiger partial charge in [-0.3, -0.25) is 4.79 Å². The monoisotopic (exact) mass is 400 g/mol. The standard InChI is InChI=1S/C25H28N4O/c1-4-7-19-9-6-10-20(14-19)23-15-24(27-25(30)21-13-18(3)26-16-21)28-29(23)22-11-5-8-17(2)12-22/h5-6,8-12,14-15,21,26H,3-4,7,13,16H2,1-2H3,(H,27,28,30). The van der Waals surface area contributed by atoms with Crippen LogP contribution in [-0.2, 0) is 11.2 Å². The van der Waals surface area contributed by atoms with Crippen molar-refractivity contribution in [3.05, 3.63) is 78.0 Å². The summed E-state index contributed by atoms with van der Waals surface area (Å²) in [6, 6.07) is 18.7. The summed E-state index contributed by atoms with van der Waals surface area (Å²) in [6.07, 6.45) is 2.80. The molecule has 1 amide bonds. The SMILES string of the molecule is C=C1CC(C(=O)Nc2cc(-c3cccc(CCC)c3)n(-c3cccc(C)c3)n2)CN1. The fourth-order valence-electron chi connectivity index (χ4n) is 3.90. The van der Waals surface area contributed by atoms with Crippen molar-refractivity contribution in [3.8, 4) is 16.9 Å². The van der Waals surface area contributed by atoms with Crippen LogP contribution in [0.5, 0.6) is 0 Å². The molecule has 5 heteroatoms. The molecule has 1 aromatic heterocycles. The van der Waals surface area contributed by atoms with Gasteiger partial charge in [0.1, 0.15) is 0 Å². The third-order valence-corrected chi connectivity index (χ3v) is 5.43. The molecule has 2 aromatic carbocycles. The van der Waals surface area contributed by atoms with Gasteiger partial charge in [-0.15, -0.1) is 5.10 Å². The number of benzene rings is 2. The van der Waals surface area contributed by atoms with Gasteiger partial charge in [0.25, 0.3) is 0 Å². The van der Waals surface area contributed by atoms with Gasteiger partial charge in [0, 0.05) is 23.9 Å². The second-order valence-electron chi connectivity index (χ2n) is 7.99. The van der Waals surface area contributed by atoms with Gasteiger partial charge < -0.3 is 10.6 Å². The maximum atomic E-state index is 12.7. The molecule has 2 heterocycles. The molecule has 0 radical (unpaired) electrons. The maximum Gasteiger partial charge on any atom is 0.230 e. The van der Waals surface area contributed by atoms with Gasteiger partial charge >= 0.3 is 0 Å². The van der Waals surface area contributed by atoms with Crippen LogP contribution in [0.25, 0.3) is 16.9 Å². The summed E-state index contributed by atoms with van der Waals surface area (Å²) in [6.45, 7) is 8.78. The van der Waals surface area contributed by atoms with Gasteiger partial charge in [-0.25, -0.2) is 4.68 Å². The van der Waals surface area contributed by atoms with Crippen molar-refractivity contribution in [2.24, 2.45) is 5.92 Å². The third-order valence-electron chi connectivity index (χ3n) is 5.43. The smallest absolute Gasteiger partial charge is 0.230 e. The van der Waals surface area contributed by atoms with Crippen molar-refractivity contribution < 1.29 is 4.79 Å². The van der Waals surface area contributed by atoms with Crippen LogP contribution in [0.2, 0.25) is 0 Å². The van der Waals surface area contributed by atoms with Crippen molar-refractivity contribution in [3.63, 3.8) is 0 Å². The van der Waals surface area contributed by atoms with E-state index in [2.05, 4.69) is 67.5 Å². The van der Waals surface area contributed by atoms with Gasteiger partial charge in [0.15, 0.2) is 5.82 Å². The maximum absolute atomic E-state index is 12.7. The topological polar surface area (TPSA) is 59.0 Å². The van der Waals surface area contributed by atoms with Crippen molar-refractivity contribution in [2.75, 3.05) is 11.9 Å². The summed E-state index contributed by atoms with van der Waals surface area (Å²) in [4.78, 5) is 12.7. The van der Waals surface area contributed by atoms with Crippen molar-refractivity contribution >= 4 is 11.7 Å². The van der Waals surface area contributed by atoms with Gasteiger partial charge in [-0.2, -0.15) is 0 Å². The molecule has 3 aromatic rings.